The first-order valence-electron chi connectivity index (χ1n) is 15.6. The molecule has 0 saturated heterocycles. The molecule has 1 atom stereocenters. The van der Waals surface area contributed by atoms with E-state index in [2.05, 4.69) is 52.0 Å². The molecule has 1 nitrogen and oxygen atoms in total. The van der Waals surface area contributed by atoms with Crippen LogP contribution in [0.25, 0.3) is 0 Å². The molecule has 202 valence electrons. The van der Waals surface area contributed by atoms with E-state index in [1.165, 1.54) is 141 Å². The standard InChI is InChI=1S/C33H65N/c1-5-7-9-11-13-14-15-16-17-18-19-20-21-22-24-26-28-30-32(31-33(3,4)34)29-27-25-23-12-10-8-6-2/h13-14,16-17,32H,5-12,15,18-31,34H2,1-4H3/b14-13+,17-16+. The number of hydrogen-bond acceptors (Lipinski definition) is 1. The molecule has 0 aliphatic carbocycles. The molecule has 0 aliphatic heterocycles. The van der Waals surface area contributed by atoms with E-state index in [9.17, 15) is 0 Å². The van der Waals surface area contributed by atoms with E-state index in [0.717, 1.165) is 12.3 Å². The van der Waals surface area contributed by atoms with Gasteiger partial charge in [0, 0.05) is 5.54 Å². The lowest BCUT2D eigenvalue weighted by Crippen LogP contribution is -2.34. The van der Waals surface area contributed by atoms with E-state index in [1.54, 1.807) is 0 Å². The zero-order chi connectivity index (χ0) is 25.2. The van der Waals surface area contributed by atoms with Crippen LogP contribution in [0.3, 0.4) is 0 Å². The Morgan fingerprint density at radius 2 is 0.912 bits per heavy atom. The van der Waals surface area contributed by atoms with E-state index >= 15 is 0 Å². The molecule has 0 bridgehead atoms. The highest BCUT2D eigenvalue weighted by atomic mass is 14.7. The van der Waals surface area contributed by atoms with E-state index in [0.29, 0.717) is 0 Å². The van der Waals surface area contributed by atoms with Gasteiger partial charge in [0.1, 0.15) is 0 Å². The maximum Gasteiger partial charge on any atom is 0.00996 e. The SMILES string of the molecule is CCCCC/C=C/C/C=C/CCCCCCCCCC(CCCCCCCCC)CC(C)(C)N. The molecule has 2 N–H and O–H groups in total. The van der Waals surface area contributed by atoms with Crippen LogP contribution in [0.2, 0.25) is 0 Å². The molecule has 0 fully saturated rings. The van der Waals surface area contributed by atoms with Crippen LogP contribution >= 0.6 is 0 Å². The van der Waals surface area contributed by atoms with Crippen molar-refractivity contribution in [2.75, 3.05) is 0 Å². The normalized spacial score (nSPS) is 13.4. The van der Waals surface area contributed by atoms with Crippen LogP contribution in [-0.2, 0) is 0 Å². The summed E-state index contributed by atoms with van der Waals surface area (Å²) in [6.07, 6.45) is 40.9. The van der Waals surface area contributed by atoms with Gasteiger partial charge >= 0.3 is 0 Å². The zero-order valence-corrected chi connectivity index (χ0v) is 24.2. The Balaban J connectivity index is 3.65. The molecule has 1 heteroatoms. The first-order chi connectivity index (χ1) is 16.5. The molecule has 0 aliphatic rings. The summed E-state index contributed by atoms with van der Waals surface area (Å²) in [6, 6.07) is 0. The lowest BCUT2D eigenvalue weighted by molar-refractivity contribution is 0.309. The molecule has 0 heterocycles. The van der Waals surface area contributed by atoms with Crippen molar-refractivity contribution >= 4 is 0 Å². The fourth-order valence-corrected chi connectivity index (χ4v) is 5.08. The molecule has 0 saturated carbocycles. The third-order valence-corrected chi connectivity index (χ3v) is 7.09. The predicted octanol–water partition coefficient (Wildman–Crippen LogP) is 11.5. The summed E-state index contributed by atoms with van der Waals surface area (Å²) in [5.41, 5.74) is 6.37. The van der Waals surface area contributed by atoms with Crippen LogP contribution < -0.4 is 5.73 Å². The topological polar surface area (TPSA) is 26.0 Å². The van der Waals surface area contributed by atoms with Gasteiger partial charge in [-0.05, 0) is 58.3 Å². The van der Waals surface area contributed by atoms with Gasteiger partial charge < -0.3 is 5.73 Å². The zero-order valence-electron chi connectivity index (χ0n) is 24.2. The number of rotatable bonds is 26. The molecule has 1 unspecified atom stereocenters. The molecule has 0 amide bonds. The largest absolute Gasteiger partial charge is 0.326 e. The van der Waals surface area contributed by atoms with Crippen molar-refractivity contribution in [2.24, 2.45) is 11.7 Å². The van der Waals surface area contributed by atoms with E-state index in [1.807, 2.05) is 0 Å². The Hall–Kier alpha value is -0.560. The average molecular weight is 476 g/mol. The van der Waals surface area contributed by atoms with Crippen LogP contribution in [-0.4, -0.2) is 5.54 Å². The molecular weight excluding hydrogens is 410 g/mol. The molecule has 0 rings (SSSR count). The Kier molecular flexibility index (Phi) is 25.1. The fourth-order valence-electron chi connectivity index (χ4n) is 5.08. The van der Waals surface area contributed by atoms with E-state index in [-0.39, 0.29) is 5.54 Å². The van der Waals surface area contributed by atoms with Crippen molar-refractivity contribution in [3.63, 3.8) is 0 Å². The predicted molar refractivity (Wildman–Crippen MR) is 158 cm³/mol. The van der Waals surface area contributed by atoms with Crippen LogP contribution in [0.4, 0.5) is 0 Å². The smallest absolute Gasteiger partial charge is 0.00996 e. The maximum atomic E-state index is 6.38. The first kappa shape index (κ1) is 33.4. The van der Waals surface area contributed by atoms with Crippen molar-refractivity contribution in [2.45, 2.75) is 181 Å². The van der Waals surface area contributed by atoms with Gasteiger partial charge in [0.05, 0.1) is 0 Å². The monoisotopic (exact) mass is 476 g/mol. The van der Waals surface area contributed by atoms with Gasteiger partial charge in [0.2, 0.25) is 0 Å². The van der Waals surface area contributed by atoms with E-state index in [4.69, 9.17) is 5.73 Å². The van der Waals surface area contributed by atoms with Crippen LogP contribution in [0.5, 0.6) is 0 Å². The summed E-state index contributed by atoms with van der Waals surface area (Å²) < 4.78 is 0. The van der Waals surface area contributed by atoms with Crippen LogP contribution in [0.1, 0.15) is 175 Å². The first-order valence-corrected chi connectivity index (χ1v) is 15.6. The Morgan fingerprint density at radius 3 is 1.38 bits per heavy atom. The molecule has 0 radical (unpaired) electrons. The molecular formula is C33H65N. The maximum absolute atomic E-state index is 6.38. The summed E-state index contributed by atoms with van der Waals surface area (Å²) in [4.78, 5) is 0. The second-order valence-electron chi connectivity index (χ2n) is 11.7. The fraction of sp³-hybridized carbons (Fsp3) is 0.879. The summed E-state index contributed by atoms with van der Waals surface area (Å²) in [5.74, 6) is 0.841. The molecule has 0 aromatic carbocycles. The van der Waals surface area contributed by atoms with Crippen molar-refractivity contribution in [3.05, 3.63) is 24.3 Å². The minimum atomic E-state index is -0.00877. The van der Waals surface area contributed by atoms with Gasteiger partial charge in [0.15, 0.2) is 0 Å². The highest BCUT2D eigenvalue weighted by Gasteiger charge is 2.18. The Morgan fingerprint density at radius 1 is 0.529 bits per heavy atom. The number of allylic oxidation sites excluding steroid dienone is 4. The minimum Gasteiger partial charge on any atom is -0.326 e. The van der Waals surface area contributed by atoms with Crippen LogP contribution in [0, 0.1) is 5.92 Å². The average Bonchev–Trinajstić information content (AvgIpc) is 2.79. The quantitative estimate of drug-likeness (QED) is 0.0976. The van der Waals surface area contributed by atoms with Crippen LogP contribution in [0.15, 0.2) is 24.3 Å². The van der Waals surface area contributed by atoms with Crippen molar-refractivity contribution in [3.8, 4) is 0 Å². The lowest BCUT2D eigenvalue weighted by Gasteiger charge is -2.26. The molecule has 0 spiro atoms. The Bertz CT molecular complexity index is 442. The lowest BCUT2D eigenvalue weighted by atomic mass is 9.84. The van der Waals surface area contributed by atoms with Crippen molar-refractivity contribution in [1.29, 1.82) is 0 Å². The molecule has 0 aromatic heterocycles. The summed E-state index contributed by atoms with van der Waals surface area (Å²) in [6.45, 7) is 9.00. The number of unbranched alkanes of at least 4 members (excludes halogenated alkanes) is 16. The number of hydrogen-bond donors (Lipinski definition) is 1. The van der Waals surface area contributed by atoms with Gasteiger partial charge in [0.25, 0.3) is 0 Å². The number of nitrogens with two attached hydrogens (primary N) is 1. The highest BCUT2D eigenvalue weighted by Crippen LogP contribution is 2.26. The third-order valence-electron chi connectivity index (χ3n) is 7.09. The summed E-state index contributed by atoms with van der Waals surface area (Å²) in [5, 5.41) is 0. The van der Waals surface area contributed by atoms with Gasteiger partial charge in [-0.15, -0.1) is 0 Å². The molecule has 0 aromatic rings. The van der Waals surface area contributed by atoms with E-state index < -0.39 is 0 Å². The van der Waals surface area contributed by atoms with Gasteiger partial charge in [-0.2, -0.15) is 0 Å². The second-order valence-corrected chi connectivity index (χ2v) is 11.7. The van der Waals surface area contributed by atoms with Crippen molar-refractivity contribution in [1.82, 2.24) is 0 Å². The summed E-state index contributed by atoms with van der Waals surface area (Å²) >= 11 is 0. The third kappa shape index (κ3) is 27.7. The Labute approximate surface area is 216 Å². The molecule has 34 heavy (non-hydrogen) atoms. The van der Waals surface area contributed by atoms with Gasteiger partial charge in [-0.1, -0.05) is 147 Å². The minimum absolute atomic E-state index is 0.00877. The summed E-state index contributed by atoms with van der Waals surface area (Å²) in [7, 11) is 0. The second kappa shape index (κ2) is 25.5. The van der Waals surface area contributed by atoms with Gasteiger partial charge in [-0.3, -0.25) is 0 Å². The highest BCUT2D eigenvalue weighted by molar-refractivity contribution is 4.92. The van der Waals surface area contributed by atoms with Crippen molar-refractivity contribution < 1.29 is 0 Å². The van der Waals surface area contributed by atoms with Gasteiger partial charge in [-0.25, -0.2) is 0 Å².